The van der Waals surface area contributed by atoms with Gasteiger partial charge in [0.05, 0.1) is 18.5 Å². The Balaban J connectivity index is 1.75. The van der Waals surface area contributed by atoms with Crippen LogP contribution in [0.15, 0.2) is 53.9 Å². The molecule has 0 bridgehead atoms. The van der Waals surface area contributed by atoms with Crippen LogP contribution in [0.3, 0.4) is 0 Å². The topological polar surface area (TPSA) is 42.4 Å². The maximum atomic E-state index is 13.2. The van der Waals surface area contributed by atoms with Gasteiger partial charge in [-0.1, -0.05) is 48.4 Å². The van der Waals surface area contributed by atoms with E-state index in [0.717, 1.165) is 36.2 Å². The van der Waals surface area contributed by atoms with Crippen LogP contribution in [0.25, 0.3) is 11.3 Å². The smallest absolute Gasteiger partial charge is 0.236 e. The van der Waals surface area contributed by atoms with E-state index in [9.17, 15) is 4.79 Å². The molecule has 27 heavy (non-hydrogen) atoms. The fourth-order valence-corrected chi connectivity index (χ4v) is 4.04. The number of ether oxygens (including phenoxy) is 1. The Bertz CT molecular complexity index is 945. The summed E-state index contributed by atoms with van der Waals surface area (Å²) >= 11 is 1.49. The molecule has 5 heteroatoms. The summed E-state index contributed by atoms with van der Waals surface area (Å²) in [6.45, 7) is 2.07. The normalized spacial score (nSPS) is 13.9. The van der Waals surface area contributed by atoms with Crippen molar-refractivity contribution in [3.8, 4) is 17.0 Å². The van der Waals surface area contributed by atoms with Crippen LogP contribution in [-0.2, 0) is 4.79 Å². The summed E-state index contributed by atoms with van der Waals surface area (Å²) in [4.78, 5) is 19.8. The first kappa shape index (κ1) is 17.7. The number of hydrogen-bond acceptors (Lipinski definition) is 4. The van der Waals surface area contributed by atoms with Gasteiger partial charge in [-0.3, -0.25) is 9.69 Å². The van der Waals surface area contributed by atoms with Gasteiger partial charge in [0.2, 0.25) is 5.91 Å². The Kier molecular flexibility index (Phi) is 4.94. The number of hydrogen-bond donors (Lipinski definition) is 0. The molecule has 1 heterocycles. The Morgan fingerprint density at radius 1 is 1.15 bits per heavy atom. The molecule has 138 valence electrons. The van der Waals surface area contributed by atoms with Gasteiger partial charge in [-0.25, -0.2) is 4.98 Å². The standard InChI is InChI=1S/C22H22N2O2S/c1-15-10-12-16(13-11-15)18-14-27-22(23-18)24(21(25)17-6-5-7-17)19-8-3-4-9-20(19)26-2/h3-4,8-14,17H,5-7H2,1-2H3. The van der Waals surface area contributed by atoms with Crippen LogP contribution in [0, 0.1) is 12.8 Å². The lowest BCUT2D eigenvalue weighted by Gasteiger charge is -2.30. The number of carbonyl (C=O) groups excluding carboxylic acids is 1. The molecule has 0 saturated heterocycles. The molecule has 1 amide bonds. The number of thiazole rings is 1. The highest BCUT2D eigenvalue weighted by Crippen LogP contribution is 2.40. The summed E-state index contributed by atoms with van der Waals surface area (Å²) in [6, 6.07) is 15.9. The molecule has 0 atom stereocenters. The van der Waals surface area contributed by atoms with E-state index >= 15 is 0 Å². The molecular weight excluding hydrogens is 356 g/mol. The molecular formula is C22H22N2O2S. The quantitative estimate of drug-likeness (QED) is 0.581. The van der Waals surface area contributed by atoms with E-state index in [2.05, 4.69) is 31.2 Å². The van der Waals surface area contributed by atoms with Crippen molar-refractivity contribution in [2.75, 3.05) is 12.0 Å². The average molecular weight is 378 g/mol. The van der Waals surface area contributed by atoms with Gasteiger partial charge in [-0.15, -0.1) is 11.3 Å². The average Bonchev–Trinajstić information content (AvgIpc) is 3.11. The first-order valence-corrected chi connectivity index (χ1v) is 10.0. The van der Waals surface area contributed by atoms with Crippen molar-refractivity contribution in [3.63, 3.8) is 0 Å². The van der Waals surface area contributed by atoms with Crippen LogP contribution < -0.4 is 9.64 Å². The Labute approximate surface area is 163 Å². The van der Waals surface area contributed by atoms with Gasteiger partial charge in [0.15, 0.2) is 5.13 Å². The molecule has 1 aliphatic rings. The van der Waals surface area contributed by atoms with Crippen LogP contribution >= 0.6 is 11.3 Å². The largest absolute Gasteiger partial charge is 0.495 e. The molecule has 4 nitrogen and oxygen atoms in total. The minimum atomic E-state index is 0.0710. The van der Waals surface area contributed by atoms with Crippen molar-refractivity contribution in [1.29, 1.82) is 0 Å². The zero-order valence-corrected chi connectivity index (χ0v) is 16.3. The minimum Gasteiger partial charge on any atom is -0.495 e. The fraction of sp³-hybridized carbons (Fsp3) is 0.273. The molecule has 1 saturated carbocycles. The van der Waals surface area contributed by atoms with Crippen molar-refractivity contribution < 1.29 is 9.53 Å². The highest BCUT2D eigenvalue weighted by atomic mass is 32.1. The van der Waals surface area contributed by atoms with Crippen LogP contribution in [0.5, 0.6) is 5.75 Å². The third-order valence-corrected chi connectivity index (χ3v) is 5.86. The van der Waals surface area contributed by atoms with Gasteiger partial charge >= 0.3 is 0 Å². The number of anilines is 2. The summed E-state index contributed by atoms with van der Waals surface area (Å²) < 4.78 is 5.52. The van der Waals surface area contributed by atoms with E-state index in [-0.39, 0.29) is 11.8 Å². The van der Waals surface area contributed by atoms with E-state index in [4.69, 9.17) is 9.72 Å². The van der Waals surface area contributed by atoms with Gasteiger partial charge in [-0.05, 0) is 31.9 Å². The highest BCUT2D eigenvalue weighted by Gasteiger charge is 2.33. The van der Waals surface area contributed by atoms with E-state index in [1.54, 1.807) is 12.0 Å². The van der Waals surface area contributed by atoms with Gasteiger partial charge < -0.3 is 4.74 Å². The first-order valence-electron chi connectivity index (χ1n) is 9.17. The molecule has 0 spiro atoms. The van der Waals surface area contributed by atoms with E-state index in [1.807, 2.05) is 29.6 Å². The van der Waals surface area contributed by atoms with Gasteiger partial charge in [-0.2, -0.15) is 0 Å². The van der Waals surface area contributed by atoms with E-state index in [1.165, 1.54) is 16.9 Å². The van der Waals surface area contributed by atoms with Gasteiger partial charge in [0.25, 0.3) is 0 Å². The molecule has 0 radical (unpaired) electrons. The predicted molar refractivity (Wildman–Crippen MR) is 110 cm³/mol. The van der Waals surface area contributed by atoms with Crippen LogP contribution in [0.1, 0.15) is 24.8 Å². The van der Waals surface area contributed by atoms with Crippen molar-refractivity contribution in [2.45, 2.75) is 26.2 Å². The predicted octanol–water partition coefficient (Wildman–Crippen LogP) is 5.59. The van der Waals surface area contributed by atoms with Gasteiger partial charge in [0, 0.05) is 16.9 Å². The lowest BCUT2D eigenvalue weighted by atomic mass is 9.84. The molecule has 0 aliphatic heterocycles. The number of carbonyl (C=O) groups is 1. The van der Waals surface area contributed by atoms with Crippen molar-refractivity contribution in [1.82, 2.24) is 4.98 Å². The SMILES string of the molecule is COc1ccccc1N(C(=O)C1CCC1)c1nc(-c2ccc(C)cc2)cs1. The zero-order chi connectivity index (χ0) is 18.8. The van der Waals surface area contributed by atoms with E-state index in [0.29, 0.717) is 10.9 Å². The lowest BCUT2D eigenvalue weighted by Crippen LogP contribution is -2.36. The van der Waals surface area contributed by atoms with Crippen LogP contribution in [-0.4, -0.2) is 18.0 Å². The number of benzene rings is 2. The maximum Gasteiger partial charge on any atom is 0.236 e. The molecule has 0 N–H and O–H groups in total. The van der Waals surface area contributed by atoms with Crippen LogP contribution in [0.2, 0.25) is 0 Å². The van der Waals surface area contributed by atoms with Gasteiger partial charge in [0.1, 0.15) is 5.75 Å². The molecule has 1 aromatic heterocycles. The molecule has 3 aromatic rings. The fourth-order valence-electron chi connectivity index (χ4n) is 3.19. The lowest BCUT2D eigenvalue weighted by molar-refractivity contribution is -0.123. The number of nitrogens with zero attached hydrogens (tertiary/aromatic N) is 2. The maximum absolute atomic E-state index is 13.2. The Morgan fingerprint density at radius 2 is 1.89 bits per heavy atom. The minimum absolute atomic E-state index is 0.0710. The van der Waals surface area contributed by atoms with Crippen molar-refractivity contribution >= 4 is 28.1 Å². The zero-order valence-electron chi connectivity index (χ0n) is 15.5. The summed E-state index contributed by atoms with van der Waals surface area (Å²) in [5.41, 5.74) is 3.90. The molecule has 1 fully saturated rings. The summed E-state index contributed by atoms with van der Waals surface area (Å²) in [7, 11) is 1.63. The summed E-state index contributed by atoms with van der Waals surface area (Å²) in [6.07, 6.45) is 3.00. The van der Waals surface area contributed by atoms with Crippen molar-refractivity contribution in [2.24, 2.45) is 5.92 Å². The van der Waals surface area contributed by atoms with E-state index < -0.39 is 0 Å². The molecule has 1 aliphatic carbocycles. The first-order chi connectivity index (χ1) is 13.2. The number of para-hydroxylation sites is 2. The number of aryl methyl sites for hydroxylation is 1. The number of aromatic nitrogens is 1. The molecule has 2 aromatic carbocycles. The Morgan fingerprint density at radius 3 is 2.56 bits per heavy atom. The summed E-state index contributed by atoms with van der Waals surface area (Å²) in [5, 5.41) is 2.70. The summed E-state index contributed by atoms with van der Waals surface area (Å²) in [5.74, 6) is 0.856. The van der Waals surface area contributed by atoms with Crippen molar-refractivity contribution in [3.05, 3.63) is 59.5 Å². The number of rotatable bonds is 5. The molecule has 0 unspecified atom stereocenters. The third kappa shape index (κ3) is 3.47. The second-order valence-corrected chi connectivity index (χ2v) is 7.69. The molecule has 4 rings (SSSR count). The third-order valence-electron chi connectivity index (χ3n) is 5.03. The second kappa shape index (κ2) is 7.53. The number of amides is 1. The monoisotopic (exact) mass is 378 g/mol. The second-order valence-electron chi connectivity index (χ2n) is 6.85. The highest BCUT2D eigenvalue weighted by molar-refractivity contribution is 7.14. The number of methoxy groups -OCH3 is 1. The van der Waals surface area contributed by atoms with Crippen LogP contribution in [0.4, 0.5) is 10.8 Å². The Hall–Kier alpha value is -2.66.